The third-order valence-electron chi connectivity index (χ3n) is 3.10. The summed E-state index contributed by atoms with van der Waals surface area (Å²) in [7, 11) is 0. The van der Waals surface area contributed by atoms with Crippen LogP contribution >= 0.6 is 15.9 Å². The minimum Gasteiger partial charge on any atom is -0.325 e. The largest absolute Gasteiger partial charge is 0.325 e. The first-order valence-corrected chi connectivity index (χ1v) is 7.85. The summed E-state index contributed by atoms with van der Waals surface area (Å²) in [4.78, 5) is 23.3. The molecule has 120 valence electrons. The average Bonchev–Trinajstić information content (AvgIpc) is 2.48. The fraction of sp³-hybridized carbons (Fsp3) is 0.176. The zero-order valence-electron chi connectivity index (χ0n) is 12.5. The molecule has 23 heavy (non-hydrogen) atoms. The molecule has 2 amide bonds. The normalized spacial score (nSPS) is 10.2. The quantitative estimate of drug-likeness (QED) is 0.821. The summed E-state index contributed by atoms with van der Waals surface area (Å²) in [5.74, 6) is -0.746. The first-order valence-electron chi connectivity index (χ1n) is 7.05. The first-order chi connectivity index (χ1) is 10.9. The molecule has 0 aliphatic carbocycles. The Morgan fingerprint density at radius 2 is 1.87 bits per heavy atom. The molecule has 0 saturated carbocycles. The Balaban J connectivity index is 2.02. The van der Waals surface area contributed by atoms with Gasteiger partial charge in [-0.25, -0.2) is 4.39 Å². The van der Waals surface area contributed by atoms with Gasteiger partial charge in [-0.2, -0.15) is 0 Å². The van der Waals surface area contributed by atoms with E-state index >= 15 is 0 Å². The van der Waals surface area contributed by atoms with Crippen molar-refractivity contribution in [2.75, 3.05) is 10.6 Å². The standard InChI is InChI=1S/C17H16BrFN2O2/c1-11(22)20-15-7-6-13(18)10-16(15)21-17(23)8-5-12-3-2-4-14(19)9-12/h2-4,6-7,9-10H,5,8H2,1H3,(H,20,22)(H,21,23). The predicted molar refractivity (Wildman–Crippen MR) is 91.8 cm³/mol. The van der Waals surface area contributed by atoms with Crippen molar-refractivity contribution in [3.8, 4) is 0 Å². The Labute approximate surface area is 142 Å². The molecule has 2 rings (SSSR count). The van der Waals surface area contributed by atoms with Gasteiger partial charge in [0.1, 0.15) is 5.82 Å². The van der Waals surface area contributed by atoms with Crippen LogP contribution in [0, 0.1) is 5.82 Å². The topological polar surface area (TPSA) is 58.2 Å². The maximum absolute atomic E-state index is 13.1. The van der Waals surface area contributed by atoms with Crippen LogP contribution in [0.2, 0.25) is 0 Å². The number of nitrogens with one attached hydrogen (secondary N) is 2. The molecule has 0 aliphatic rings. The van der Waals surface area contributed by atoms with E-state index in [0.29, 0.717) is 17.8 Å². The monoisotopic (exact) mass is 378 g/mol. The molecule has 0 fully saturated rings. The van der Waals surface area contributed by atoms with Crippen molar-refractivity contribution in [2.45, 2.75) is 19.8 Å². The second-order valence-corrected chi connectivity index (χ2v) is 5.96. The van der Waals surface area contributed by atoms with Crippen molar-refractivity contribution in [1.82, 2.24) is 0 Å². The lowest BCUT2D eigenvalue weighted by molar-refractivity contribution is -0.116. The highest BCUT2D eigenvalue weighted by atomic mass is 79.9. The average molecular weight is 379 g/mol. The minimum absolute atomic E-state index is 0.209. The zero-order valence-corrected chi connectivity index (χ0v) is 14.1. The molecule has 0 aliphatic heterocycles. The van der Waals surface area contributed by atoms with Gasteiger partial charge in [-0.05, 0) is 42.3 Å². The number of halogens is 2. The summed E-state index contributed by atoms with van der Waals surface area (Å²) in [5.41, 5.74) is 1.80. The predicted octanol–water partition coefficient (Wildman–Crippen LogP) is 4.12. The van der Waals surface area contributed by atoms with Crippen LogP contribution in [0.15, 0.2) is 46.9 Å². The number of carbonyl (C=O) groups excluding carboxylic acids is 2. The molecule has 2 aromatic carbocycles. The maximum atomic E-state index is 13.1. The SMILES string of the molecule is CC(=O)Nc1ccc(Br)cc1NC(=O)CCc1cccc(F)c1. The molecule has 0 atom stereocenters. The number of anilines is 2. The van der Waals surface area contributed by atoms with Gasteiger partial charge in [-0.15, -0.1) is 0 Å². The summed E-state index contributed by atoms with van der Waals surface area (Å²) >= 11 is 3.33. The van der Waals surface area contributed by atoms with Gasteiger partial charge in [0.15, 0.2) is 0 Å². The number of hydrogen-bond acceptors (Lipinski definition) is 2. The first kappa shape index (κ1) is 17.1. The lowest BCUT2D eigenvalue weighted by Gasteiger charge is -2.12. The molecule has 2 N–H and O–H groups in total. The van der Waals surface area contributed by atoms with E-state index in [2.05, 4.69) is 26.6 Å². The molecule has 4 nitrogen and oxygen atoms in total. The summed E-state index contributed by atoms with van der Waals surface area (Å²) in [6.45, 7) is 1.40. The van der Waals surface area contributed by atoms with E-state index in [1.807, 2.05) is 0 Å². The van der Waals surface area contributed by atoms with Crippen LogP contribution in [-0.4, -0.2) is 11.8 Å². The Morgan fingerprint density at radius 1 is 1.09 bits per heavy atom. The van der Waals surface area contributed by atoms with Gasteiger partial charge in [0.2, 0.25) is 11.8 Å². The van der Waals surface area contributed by atoms with Crippen LogP contribution in [0.3, 0.4) is 0 Å². The van der Waals surface area contributed by atoms with Crippen LogP contribution in [-0.2, 0) is 16.0 Å². The van der Waals surface area contributed by atoms with Gasteiger partial charge in [0.25, 0.3) is 0 Å². The number of amides is 2. The molecule has 0 unspecified atom stereocenters. The van der Waals surface area contributed by atoms with Gasteiger partial charge in [-0.1, -0.05) is 28.1 Å². The van der Waals surface area contributed by atoms with Gasteiger partial charge in [-0.3, -0.25) is 9.59 Å². The highest BCUT2D eigenvalue weighted by Gasteiger charge is 2.09. The van der Waals surface area contributed by atoms with E-state index in [1.165, 1.54) is 19.1 Å². The molecular formula is C17H16BrFN2O2. The number of carbonyl (C=O) groups is 2. The zero-order chi connectivity index (χ0) is 16.8. The summed E-state index contributed by atoms with van der Waals surface area (Å²) < 4.78 is 13.9. The molecule has 2 aromatic rings. The van der Waals surface area contributed by atoms with Crippen LogP contribution in [0.1, 0.15) is 18.9 Å². The lowest BCUT2D eigenvalue weighted by Crippen LogP contribution is -2.15. The summed E-state index contributed by atoms with van der Waals surface area (Å²) in [5, 5.41) is 5.43. The maximum Gasteiger partial charge on any atom is 0.224 e. The number of rotatable bonds is 5. The number of aryl methyl sites for hydroxylation is 1. The summed E-state index contributed by atoms with van der Waals surface area (Å²) in [6, 6.07) is 11.4. The molecule has 0 spiro atoms. The van der Waals surface area contributed by atoms with E-state index in [9.17, 15) is 14.0 Å². The Morgan fingerprint density at radius 3 is 2.57 bits per heavy atom. The molecule has 0 heterocycles. The third-order valence-corrected chi connectivity index (χ3v) is 3.59. The lowest BCUT2D eigenvalue weighted by atomic mass is 10.1. The van der Waals surface area contributed by atoms with Gasteiger partial charge in [0.05, 0.1) is 11.4 Å². The van der Waals surface area contributed by atoms with Gasteiger partial charge in [0, 0.05) is 17.8 Å². The van der Waals surface area contributed by atoms with Crippen molar-refractivity contribution in [2.24, 2.45) is 0 Å². The molecule has 0 bridgehead atoms. The molecule has 6 heteroatoms. The van der Waals surface area contributed by atoms with Crippen molar-refractivity contribution < 1.29 is 14.0 Å². The van der Waals surface area contributed by atoms with Gasteiger partial charge < -0.3 is 10.6 Å². The second kappa shape index (κ2) is 7.87. The third kappa shape index (κ3) is 5.49. The molecule has 0 aromatic heterocycles. The summed E-state index contributed by atoms with van der Waals surface area (Å²) in [6.07, 6.45) is 0.655. The van der Waals surface area contributed by atoms with E-state index in [-0.39, 0.29) is 24.1 Å². The number of benzene rings is 2. The molecular weight excluding hydrogens is 363 g/mol. The molecule has 0 radical (unpaired) electrons. The molecule has 0 saturated heterocycles. The van der Waals surface area contributed by atoms with E-state index in [1.54, 1.807) is 30.3 Å². The van der Waals surface area contributed by atoms with Gasteiger partial charge >= 0.3 is 0 Å². The number of hydrogen-bond donors (Lipinski definition) is 2. The smallest absolute Gasteiger partial charge is 0.224 e. The fourth-order valence-electron chi connectivity index (χ4n) is 2.08. The van der Waals surface area contributed by atoms with Crippen LogP contribution in [0.5, 0.6) is 0 Å². The van der Waals surface area contributed by atoms with Crippen molar-refractivity contribution in [3.05, 3.63) is 58.3 Å². The Bertz CT molecular complexity index is 734. The van der Waals surface area contributed by atoms with E-state index in [4.69, 9.17) is 0 Å². The van der Waals surface area contributed by atoms with E-state index in [0.717, 1.165) is 10.0 Å². The Kier molecular flexibility index (Phi) is 5.87. The van der Waals surface area contributed by atoms with Crippen LogP contribution in [0.4, 0.5) is 15.8 Å². The minimum atomic E-state index is -0.317. The van der Waals surface area contributed by atoms with Crippen molar-refractivity contribution in [1.29, 1.82) is 0 Å². The van der Waals surface area contributed by atoms with E-state index < -0.39 is 0 Å². The highest BCUT2D eigenvalue weighted by molar-refractivity contribution is 9.10. The van der Waals surface area contributed by atoms with Crippen molar-refractivity contribution >= 4 is 39.1 Å². The van der Waals surface area contributed by atoms with Crippen molar-refractivity contribution in [3.63, 3.8) is 0 Å². The highest BCUT2D eigenvalue weighted by Crippen LogP contribution is 2.26. The Hall–Kier alpha value is -2.21. The second-order valence-electron chi connectivity index (χ2n) is 5.05. The van der Waals surface area contributed by atoms with Crippen LogP contribution < -0.4 is 10.6 Å². The fourth-order valence-corrected chi connectivity index (χ4v) is 2.44. The van der Waals surface area contributed by atoms with Crippen LogP contribution in [0.25, 0.3) is 0 Å².